The first-order chi connectivity index (χ1) is 17.5. The Bertz CT molecular complexity index is 942. The van der Waals surface area contributed by atoms with Gasteiger partial charge in [0.2, 0.25) is 5.91 Å². The molecule has 214 valence electrons. The lowest BCUT2D eigenvalue weighted by Crippen LogP contribution is -2.44. The molecule has 1 atom stereocenters. The molecule has 1 heterocycles. The molecule has 0 unspecified atom stereocenters. The second kappa shape index (κ2) is 15.6. The van der Waals surface area contributed by atoms with E-state index in [9.17, 15) is 19.2 Å². The second-order valence-electron chi connectivity index (χ2n) is 10.5. The molecule has 13 heteroatoms. The SMILES string of the molecule is CC(C)(C)OC(=O)NCCCCNC(=O)CC[C@H](NC(=O)OC(C)(C)C)C(=O)OCc1cc(Cl)nc(Cl)c1. The Morgan fingerprint density at radius 2 is 1.39 bits per heavy atom. The minimum atomic E-state index is -1.12. The number of alkyl carbamates (subject to hydrolysis) is 2. The van der Waals surface area contributed by atoms with Crippen LogP contribution in [0.5, 0.6) is 0 Å². The van der Waals surface area contributed by atoms with E-state index in [0.29, 0.717) is 31.5 Å². The molecule has 0 fully saturated rings. The van der Waals surface area contributed by atoms with Crippen molar-refractivity contribution >= 4 is 47.3 Å². The van der Waals surface area contributed by atoms with Gasteiger partial charge in [0.15, 0.2) is 0 Å². The van der Waals surface area contributed by atoms with Crippen molar-refractivity contribution in [2.24, 2.45) is 0 Å². The van der Waals surface area contributed by atoms with E-state index in [1.54, 1.807) is 41.5 Å². The summed E-state index contributed by atoms with van der Waals surface area (Å²) >= 11 is 11.7. The molecule has 0 aliphatic heterocycles. The van der Waals surface area contributed by atoms with Gasteiger partial charge in [0.25, 0.3) is 0 Å². The molecule has 1 aromatic rings. The Morgan fingerprint density at radius 1 is 0.868 bits per heavy atom. The first-order valence-corrected chi connectivity index (χ1v) is 13.0. The van der Waals surface area contributed by atoms with E-state index in [0.717, 1.165) is 0 Å². The molecule has 0 aliphatic rings. The highest BCUT2D eigenvalue weighted by molar-refractivity contribution is 6.32. The lowest BCUT2D eigenvalue weighted by molar-refractivity contribution is -0.147. The molecule has 0 radical (unpaired) electrons. The third-order valence-corrected chi connectivity index (χ3v) is 4.82. The molecule has 11 nitrogen and oxygen atoms in total. The van der Waals surface area contributed by atoms with Gasteiger partial charge >= 0.3 is 18.2 Å². The maximum atomic E-state index is 12.7. The molecule has 0 bridgehead atoms. The molecule has 0 saturated carbocycles. The Balaban J connectivity index is 2.53. The predicted molar refractivity (Wildman–Crippen MR) is 143 cm³/mol. The molecule has 0 saturated heterocycles. The third-order valence-electron chi connectivity index (χ3n) is 4.43. The zero-order valence-corrected chi connectivity index (χ0v) is 24.3. The monoisotopic (exact) mass is 576 g/mol. The topological polar surface area (TPSA) is 145 Å². The minimum absolute atomic E-state index is 0.0119. The van der Waals surface area contributed by atoms with Crippen molar-refractivity contribution in [2.45, 2.75) is 91.1 Å². The number of hydrogen-bond donors (Lipinski definition) is 3. The molecular weight excluding hydrogens is 539 g/mol. The van der Waals surface area contributed by atoms with Gasteiger partial charge in [-0.15, -0.1) is 0 Å². The summed E-state index contributed by atoms with van der Waals surface area (Å²) in [4.78, 5) is 52.7. The molecule has 1 rings (SSSR count). The van der Waals surface area contributed by atoms with Crippen LogP contribution in [0.25, 0.3) is 0 Å². The summed E-state index contributed by atoms with van der Waals surface area (Å²) in [6, 6.07) is 1.86. The average molecular weight is 578 g/mol. The molecule has 0 aliphatic carbocycles. The van der Waals surface area contributed by atoms with E-state index in [-0.39, 0.29) is 35.7 Å². The molecule has 3 amide bonds. The largest absolute Gasteiger partial charge is 0.459 e. The molecule has 38 heavy (non-hydrogen) atoms. The summed E-state index contributed by atoms with van der Waals surface area (Å²) in [7, 11) is 0. The number of nitrogens with zero attached hydrogens (tertiary/aromatic N) is 1. The van der Waals surface area contributed by atoms with Gasteiger partial charge in [-0.3, -0.25) is 4.79 Å². The van der Waals surface area contributed by atoms with E-state index >= 15 is 0 Å². The van der Waals surface area contributed by atoms with Crippen molar-refractivity contribution in [3.8, 4) is 0 Å². The Labute approximate surface area is 233 Å². The molecular formula is C25H38Cl2N4O7. The third kappa shape index (κ3) is 16.1. The van der Waals surface area contributed by atoms with Crippen molar-refractivity contribution in [3.63, 3.8) is 0 Å². The van der Waals surface area contributed by atoms with Crippen molar-refractivity contribution in [3.05, 3.63) is 28.0 Å². The van der Waals surface area contributed by atoms with Crippen molar-refractivity contribution in [1.29, 1.82) is 0 Å². The van der Waals surface area contributed by atoms with Gasteiger partial charge in [0.05, 0.1) is 0 Å². The highest BCUT2D eigenvalue weighted by Gasteiger charge is 2.26. The molecule has 3 N–H and O–H groups in total. The maximum absolute atomic E-state index is 12.7. The van der Waals surface area contributed by atoms with E-state index < -0.39 is 35.4 Å². The van der Waals surface area contributed by atoms with Crippen molar-refractivity contribution in [2.75, 3.05) is 13.1 Å². The van der Waals surface area contributed by atoms with Crippen LogP contribution >= 0.6 is 23.2 Å². The van der Waals surface area contributed by atoms with Gasteiger partial charge in [0, 0.05) is 19.5 Å². The molecule has 0 spiro atoms. The van der Waals surface area contributed by atoms with Gasteiger partial charge in [-0.05, 0) is 78.5 Å². The van der Waals surface area contributed by atoms with Gasteiger partial charge < -0.3 is 30.2 Å². The lowest BCUT2D eigenvalue weighted by Gasteiger charge is -2.23. The van der Waals surface area contributed by atoms with Crippen LogP contribution in [0.3, 0.4) is 0 Å². The fourth-order valence-corrected chi connectivity index (χ4v) is 3.40. The van der Waals surface area contributed by atoms with Crippen LogP contribution in [0.15, 0.2) is 12.1 Å². The van der Waals surface area contributed by atoms with E-state index in [1.165, 1.54) is 12.1 Å². The van der Waals surface area contributed by atoms with E-state index in [4.69, 9.17) is 37.4 Å². The number of pyridine rings is 1. The number of ether oxygens (including phenoxy) is 3. The first kappa shape index (κ1) is 33.2. The van der Waals surface area contributed by atoms with Crippen molar-refractivity contribution in [1.82, 2.24) is 20.9 Å². The number of hydrogen-bond acceptors (Lipinski definition) is 8. The number of unbranched alkanes of at least 4 members (excludes halogenated alkanes) is 1. The zero-order chi connectivity index (χ0) is 28.9. The number of esters is 1. The number of aromatic nitrogens is 1. The zero-order valence-electron chi connectivity index (χ0n) is 22.7. The van der Waals surface area contributed by atoms with Gasteiger partial charge in [-0.25, -0.2) is 19.4 Å². The summed E-state index contributed by atoms with van der Waals surface area (Å²) in [6.45, 7) is 11.0. The van der Waals surface area contributed by atoms with Crippen LogP contribution in [0.1, 0.15) is 72.8 Å². The van der Waals surface area contributed by atoms with E-state index in [2.05, 4.69) is 20.9 Å². The number of halogens is 2. The fraction of sp³-hybridized carbons (Fsp3) is 0.640. The summed E-state index contributed by atoms with van der Waals surface area (Å²) in [5.74, 6) is -1.05. The van der Waals surface area contributed by atoms with Crippen LogP contribution in [-0.4, -0.2) is 59.4 Å². The number of nitrogens with one attached hydrogen (secondary N) is 3. The minimum Gasteiger partial charge on any atom is -0.459 e. The van der Waals surface area contributed by atoms with Crippen molar-refractivity contribution < 1.29 is 33.4 Å². The number of carbonyl (C=O) groups excluding carboxylic acids is 4. The molecule has 0 aromatic carbocycles. The number of amides is 3. The van der Waals surface area contributed by atoms with Crippen LogP contribution in [0, 0.1) is 0 Å². The summed E-state index contributed by atoms with van der Waals surface area (Å²) < 4.78 is 15.7. The molecule has 1 aromatic heterocycles. The van der Waals surface area contributed by atoms with Crippen LogP contribution in [-0.2, 0) is 30.4 Å². The Hall–Kier alpha value is -2.79. The smallest absolute Gasteiger partial charge is 0.408 e. The summed E-state index contributed by atoms with van der Waals surface area (Å²) in [6.07, 6.45) is -0.0992. The van der Waals surface area contributed by atoms with Gasteiger partial charge in [0.1, 0.15) is 34.2 Å². The quantitative estimate of drug-likeness (QED) is 0.142. The maximum Gasteiger partial charge on any atom is 0.408 e. The summed E-state index contributed by atoms with van der Waals surface area (Å²) in [5, 5.41) is 8.15. The predicted octanol–water partition coefficient (Wildman–Crippen LogP) is 4.53. The van der Waals surface area contributed by atoms with Gasteiger partial charge in [-0.2, -0.15) is 0 Å². The highest BCUT2D eigenvalue weighted by atomic mass is 35.5. The number of carbonyl (C=O) groups is 4. The van der Waals surface area contributed by atoms with Gasteiger partial charge in [-0.1, -0.05) is 23.2 Å². The lowest BCUT2D eigenvalue weighted by atomic mass is 10.1. The second-order valence-corrected chi connectivity index (χ2v) is 11.2. The van der Waals surface area contributed by atoms with Crippen LogP contribution < -0.4 is 16.0 Å². The Kier molecular flexibility index (Phi) is 13.6. The fourth-order valence-electron chi connectivity index (χ4n) is 2.90. The van der Waals surface area contributed by atoms with E-state index in [1.807, 2.05) is 0 Å². The highest BCUT2D eigenvalue weighted by Crippen LogP contribution is 2.16. The number of rotatable bonds is 12. The normalized spacial score (nSPS) is 12.2. The average Bonchev–Trinajstić information content (AvgIpc) is 2.74. The van der Waals surface area contributed by atoms with Crippen LogP contribution in [0.4, 0.5) is 9.59 Å². The first-order valence-electron chi connectivity index (χ1n) is 12.3. The standard InChI is InChI=1S/C25H38Cl2N4O7/c1-24(2,3)37-22(34)29-12-8-7-11-28-20(32)10-9-17(30-23(35)38-25(4,5)6)21(33)36-15-16-13-18(26)31-19(27)14-16/h13-14,17H,7-12,15H2,1-6H3,(H,28,32)(H,29,34)(H,30,35)/t17-/m0/s1. The van der Waals surface area contributed by atoms with Crippen LogP contribution in [0.2, 0.25) is 10.3 Å². The Morgan fingerprint density at radius 3 is 1.95 bits per heavy atom. The summed E-state index contributed by atoms with van der Waals surface area (Å²) in [5.41, 5.74) is -0.835.